The molecule has 7 nitrogen and oxygen atoms in total. The summed E-state index contributed by atoms with van der Waals surface area (Å²) in [5.41, 5.74) is 3.21. The molecular formula is C25H26N4O3S2. The van der Waals surface area contributed by atoms with E-state index in [1.54, 1.807) is 19.3 Å². The number of hydrogen-bond acceptors (Lipinski definition) is 7. The maximum Gasteiger partial charge on any atom is 0.249 e. The van der Waals surface area contributed by atoms with Crippen LogP contribution in [0.25, 0.3) is 0 Å². The molecule has 9 heteroatoms. The standard InChI is InChI=1S/C25H26N4O3S2/c1-18-23(34(26,30)31)33-24(28-18)29(16-20-6-5-13-27-15-20)25(17-32-25)14-19-9-11-22(12-10-19)21-7-3-2-4-8-21/h2-7,9-13,15,21H,8,14,16-17H2,1H3,(H2,26,30,31). The van der Waals surface area contributed by atoms with E-state index in [2.05, 4.69) is 58.5 Å². The fraction of sp³-hybridized carbons (Fsp3) is 0.280. The van der Waals surface area contributed by atoms with E-state index in [1.807, 2.05) is 17.0 Å². The molecule has 5 rings (SSSR count). The largest absolute Gasteiger partial charge is 0.348 e. The quantitative estimate of drug-likeness (QED) is 0.474. The minimum Gasteiger partial charge on any atom is -0.348 e. The first-order valence-corrected chi connectivity index (χ1v) is 13.4. The second-order valence-corrected chi connectivity index (χ2v) is 11.4. The molecule has 0 saturated carbocycles. The highest BCUT2D eigenvalue weighted by molar-refractivity contribution is 7.91. The second kappa shape index (κ2) is 9.07. The average Bonchev–Trinajstić information content (AvgIpc) is 3.50. The number of benzene rings is 1. The van der Waals surface area contributed by atoms with Crippen molar-refractivity contribution < 1.29 is 13.2 Å². The summed E-state index contributed by atoms with van der Waals surface area (Å²) in [5.74, 6) is 0.405. The van der Waals surface area contributed by atoms with E-state index in [4.69, 9.17) is 9.88 Å². The maximum absolute atomic E-state index is 12.0. The lowest BCUT2D eigenvalue weighted by atomic mass is 9.91. The third kappa shape index (κ3) is 4.83. The molecule has 1 aliphatic heterocycles. The zero-order chi connectivity index (χ0) is 23.8. The molecule has 176 valence electrons. The van der Waals surface area contributed by atoms with Gasteiger partial charge in [0.05, 0.1) is 12.3 Å². The third-order valence-corrected chi connectivity index (χ3v) is 8.87. The summed E-state index contributed by atoms with van der Waals surface area (Å²) in [6, 6.07) is 12.5. The molecule has 2 atom stereocenters. The number of ether oxygens (including phenoxy) is 1. The number of sulfonamides is 1. The molecule has 0 amide bonds. The van der Waals surface area contributed by atoms with Gasteiger partial charge in [0.25, 0.3) is 0 Å². The number of nitrogens with zero attached hydrogens (tertiary/aromatic N) is 3. The molecule has 3 heterocycles. The van der Waals surface area contributed by atoms with E-state index >= 15 is 0 Å². The van der Waals surface area contributed by atoms with Gasteiger partial charge >= 0.3 is 0 Å². The lowest BCUT2D eigenvalue weighted by Gasteiger charge is -2.29. The Bertz CT molecular complexity index is 1330. The smallest absolute Gasteiger partial charge is 0.249 e. The van der Waals surface area contributed by atoms with Crippen molar-refractivity contribution in [1.82, 2.24) is 9.97 Å². The minimum absolute atomic E-state index is 0.0772. The first-order chi connectivity index (χ1) is 16.3. The Morgan fingerprint density at radius 1 is 1.21 bits per heavy atom. The number of hydrogen-bond donors (Lipinski definition) is 1. The monoisotopic (exact) mass is 494 g/mol. The lowest BCUT2D eigenvalue weighted by molar-refractivity contribution is 0.288. The summed E-state index contributed by atoms with van der Waals surface area (Å²) in [6.45, 7) is 2.67. The van der Waals surface area contributed by atoms with E-state index in [0.29, 0.717) is 36.3 Å². The van der Waals surface area contributed by atoms with Crippen molar-refractivity contribution in [3.8, 4) is 0 Å². The number of thiazole rings is 1. The fourth-order valence-electron chi connectivity index (χ4n) is 4.27. The molecule has 1 aromatic carbocycles. The van der Waals surface area contributed by atoms with Gasteiger partial charge in [-0.05, 0) is 36.1 Å². The predicted octanol–water partition coefficient (Wildman–Crippen LogP) is 4.07. The zero-order valence-corrected chi connectivity index (χ0v) is 20.4. The maximum atomic E-state index is 12.0. The first kappa shape index (κ1) is 22.9. The normalized spacial score (nSPS) is 21.5. The Kier molecular flexibility index (Phi) is 6.11. The van der Waals surface area contributed by atoms with Crippen LogP contribution in [0.2, 0.25) is 0 Å². The summed E-state index contributed by atoms with van der Waals surface area (Å²) in [4.78, 5) is 10.8. The van der Waals surface area contributed by atoms with Crippen molar-refractivity contribution in [1.29, 1.82) is 0 Å². The first-order valence-electron chi connectivity index (χ1n) is 11.1. The molecule has 2 aliphatic rings. The number of nitrogens with two attached hydrogens (primary N) is 1. The van der Waals surface area contributed by atoms with Gasteiger partial charge in [0.2, 0.25) is 10.0 Å². The van der Waals surface area contributed by atoms with Crippen molar-refractivity contribution in [3.63, 3.8) is 0 Å². The molecule has 1 saturated heterocycles. The number of epoxide rings is 1. The highest BCUT2D eigenvalue weighted by Crippen LogP contribution is 2.42. The van der Waals surface area contributed by atoms with Gasteiger partial charge in [-0.3, -0.25) is 4.98 Å². The summed E-state index contributed by atoms with van der Waals surface area (Å²) < 4.78 is 30.2. The van der Waals surface area contributed by atoms with Crippen LogP contribution in [0.3, 0.4) is 0 Å². The van der Waals surface area contributed by atoms with E-state index in [0.717, 1.165) is 28.9 Å². The molecule has 34 heavy (non-hydrogen) atoms. The van der Waals surface area contributed by atoms with Gasteiger partial charge in [0.1, 0.15) is 0 Å². The summed E-state index contributed by atoms with van der Waals surface area (Å²) in [6.07, 6.45) is 13.8. The van der Waals surface area contributed by atoms with Gasteiger partial charge in [-0.1, -0.05) is 66.0 Å². The molecule has 2 unspecified atom stereocenters. The minimum atomic E-state index is -3.85. The van der Waals surface area contributed by atoms with Crippen LogP contribution in [0.4, 0.5) is 5.13 Å². The molecule has 0 spiro atoms. The number of aromatic nitrogens is 2. The van der Waals surface area contributed by atoms with Crippen molar-refractivity contribution in [2.45, 2.75) is 42.2 Å². The summed E-state index contributed by atoms with van der Waals surface area (Å²) in [5, 5.41) is 5.99. The number of primary sulfonamides is 1. The SMILES string of the molecule is Cc1nc(N(Cc2cccnc2)C2(Cc3ccc(C4C=CC=CC4)cc3)CO2)sc1S(N)(=O)=O. The highest BCUT2D eigenvalue weighted by Gasteiger charge is 2.51. The van der Waals surface area contributed by atoms with E-state index in [-0.39, 0.29) is 4.21 Å². The van der Waals surface area contributed by atoms with Crippen molar-refractivity contribution in [3.05, 3.63) is 95.5 Å². The van der Waals surface area contributed by atoms with Gasteiger partial charge in [-0.15, -0.1) is 0 Å². The van der Waals surface area contributed by atoms with Gasteiger partial charge < -0.3 is 9.64 Å². The van der Waals surface area contributed by atoms with Crippen molar-refractivity contribution >= 4 is 26.5 Å². The molecular weight excluding hydrogens is 468 g/mol. The zero-order valence-electron chi connectivity index (χ0n) is 18.8. The Hall–Kier alpha value is -2.85. The Balaban J connectivity index is 1.44. The van der Waals surface area contributed by atoms with Crippen LogP contribution < -0.4 is 10.0 Å². The van der Waals surface area contributed by atoms with E-state index in [1.165, 1.54) is 5.56 Å². The van der Waals surface area contributed by atoms with Gasteiger partial charge in [0, 0.05) is 31.3 Å². The molecule has 3 aromatic rings. The van der Waals surface area contributed by atoms with Crippen LogP contribution in [-0.4, -0.2) is 30.7 Å². The van der Waals surface area contributed by atoms with Crippen molar-refractivity contribution in [2.24, 2.45) is 5.14 Å². The van der Waals surface area contributed by atoms with E-state index < -0.39 is 15.7 Å². The lowest BCUT2D eigenvalue weighted by Crippen LogP contribution is -2.40. The Morgan fingerprint density at radius 3 is 2.59 bits per heavy atom. The number of anilines is 1. The van der Waals surface area contributed by atoms with Gasteiger partial charge in [0.15, 0.2) is 15.1 Å². The number of allylic oxidation sites excluding steroid dienone is 4. The molecule has 2 aromatic heterocycles. The van der Waals surface area contributed by atoms with Crippen LogP contribution in [0.1, 0.15) is 34.7 Å². The summed E-state index contributed by atoms with van der Waals surface area (Å²) >= 11 is 1.08. The highest BCUT2D eigenvalue weighted by atomic mass is 32.2. The van der Waals surface area contributed by atoms with Crippen LogP contribution in [0, 0.1) is 6.92 Å². The van der Waals surface area contributed by atoms with Gasteiger partial charge in [-0.25, -0.2) is 18.5 Å². The summed E-state index contributed by atoms with van der Waals surface area (Å²) in [7, 11) is -3.85. The molecule has 2 N–H and O–H groups in total. The average molecular weight is 495 g/mol. The van der Waals surface area contributed by atoms with Crippen LogP contribution in [0.5, 0.6) is 0 Å². The molecule has 1 aliphatic carbocycles. The topological polar surface area (TPSA) is 102 Å². The predicted molar refractivity (Wildman–Crippen MR) is 133 cm³/mol. The van der Waals surface area contributed by atoms with Crippen molar-refractivity contribution in [2.75, 3.05) is 11.5 Å². The van der Waals surface area contributed by atoms with Crippen LogP contribution >= 0.6 is 11.3 Å². The van der Waals surface area contributed by atoms with E-state index in [9.17, 15) is 8.42 Å². The third-order valence-electron chi connectivity index (χ3n) is 6.13. The molecule has 0 radical (unpaired) electrons. The molecule has 1 fully saturated rings. The number of aryl methyl sites for hydroxylation is 1. The number of pyridine rings is 1. The Morgan fingerprint density at radius 2 is 2.00 bits per heavy atom. The fourth-order valence-corrected chi connectivity index (χ4v) is 6.30. The van der Waals surface area contributed by atoms with Crippen LogP contribution in [0.15, 0.2) is 77.3 Å². The van der Waals surface area contributed by atoms with Crippen LogP contribution in [-0.2, 0) is 27.7 Å². The second-order valence-electron chi connectivity index (χ2n) is 8.67. The van der Waals surface area contributed by atoms with Gasteiger partial charge in [-0.2, -0.15) is 0 Å². The molecule has 0 bridgehead atoms. The Labute approximate surface area is 203 Å². The number of rotatable bonds is 8.